The Bertz CT molecular complexity index is 207. The largest absolute Gasteiger partial charge is 0.480 e. The van der Waals surface area contributed by atoms with Crippen LogP contribution in [0.4, 0.5) is 8.78 Å². The van der Waals surface area contributed by atoms with E-state index in [1.807, 2.05) is 0 Å². The van der Waals surface area contributed by atoms with Crippen molar-refractivity contribution in [2.24, 2.45) is 5.92 Å². The lowest BCUT2D eigenvalue weighted by molar-refractivity contribution is -0.139. The van der Waals surface area contributed by atoms with Crippen molar-refractivity contribution in [3.05, 3.63) is 0 Å². The summed E-state index contributed by atoms with van der Waals surface area (Å²) in [6.45, 7) is 1.81. The molecular formula is C9H15F2NO2. The molecule has 0 aromatic heterocycles. The van der Waals surface area contributed by atoms with Gasteiger partial charge in [-0.15, -0.1) is 0 Å². The van der Waals surface area contributed by atoms with Crippen LogP contribution in [0.25, 0.3) is 0 Å². The van der Waals surface area contributed by atoms with E-state index in [2.05, 4.69) is 0 Å². The van der Waals surface area contributed by atoms with Crippen LogP contribution in [0, 0.1) is 5.92 Å². The monoisotopic (exact) mass is 207 g/mol. The van der Waals surface area contributed by atoms with E-state index in [1.165, 1.54) is 0 Å². The molecule has 0 amide bonds. The summed E-state index contributed by atoms with van der Waals surface area (Å²) >= 11 is 0. The highest BCUT2D eigenvalue weighted by atomic mass is 19.3. The van der Waals surface area contributed by atoms with Gasteiger partial charge in [0.25, 0.3) is 0 Å². The number of hydrogen-bond donors (Lipinski definition) is 1. The number of piperidine rings is 1. The van der Waals surface area contributed by atoms with Crippen molar-refractivity contribution in [2.75, 3.05) is 19.6 Å². The summed E-state index contributed by atoms with van der Waals surface area (Å²) in [6.07, 6.45) is 0.771. The summed E-state index contributed by atoms with van der Waals surface area (Å²) < 4.78 is 25.7. The van der Waals surface area contributed by atoms with Gasteiger partial charge in [0, 0.05) is 5.92 Å². The summed E-state index contributed by atoms with van der Waals surface area (Å²) in [5.41, 5.74) is 0. The molecule has 1 aliphatic rings. The number of alkyl halides is 2. The molecule has 0 radical (unpaired) electrons. The highest BCUT2D eigenvalue weighted by Crippen LogP contribution is 2.32. The van der Waals surface area contributed by atoms with Crippen LogP contribution in [0.15, 0.2) is 0 Å². The average molecular weight is 207 g/mol. The Morgan fingerprint density at radius 2 is 2.00 bits per heavy atom. The Kier molecular flexibility index (Phi) is 3.42. The van der Waals surface area contributed by atoms with Crippen LogP contribution in [0.2, 0.25) is 0 Å². The fourth-order valence-corrected chi connectivity index (χ4v) is 1.79. The molecule has 0 aromatic rings. The maximum atomic E-state index is 12.9. The van der Waals surface area contributed by atoms with Crippen molar-refractivity contribution in [1.29, 1.82) is 0 Å². The van der Waals surface area contributed by atoms with Crippen molar-refractivity contribution >= 4 is 5.97 Å². The third-order valence-corrected chi connectivity index (χ3v) is 2.66. The lowest BCUT2D eigenvalue weighted by atomic mass is 9.91. The number of likely N-dealkylation sites (tertiary alicyclic amines) is 1. The van der Waals surface area contributed by atoms with Crippen LogP contribution in [0.1, 0.15) is 19.8 Å². The van der Waals surface area contributed by atoms with Crippen LogP contribution in [0.3, 0.4) is 0 Å². The first kappa shape index (κ1) is 11.4. The molecule has 82 valence electrons. The second kappa shape index (κ2) is 4.21. The van der Waals surface area contributed by atoms with E-state index in [0.29, 0.717) is 25.9 Å². The number of carboxylic acids is 1. The number of aliphatic carboxylic acids is 1. The van der Waals surface area contributed by atoms with E-state index in [0.717, 1.165) is 6.92 Å². The molecule has 0 unspecified atom stereocenters. The zero-order valence-electron chi connectivity index (χ0n) is 8.17. The van der Waals surface area contributed by atoms with Gasteiger partial charge >= 0.3 is 5.97 Å². The van der Waals surface area contributed by atoms with Crippen molar-refractivity contribution in [3.8, 4) is 0 Å². The number of carboxylic acid groups (broad SMARTS) is 1. The third kappa shape index (κ3) is 3.21. The molecule has 0 aliphatic carbocycles. The second-order valence-corrected chi connectivity index (χ2v) is 3.90. The van der Waals surface area contributed by atoms with Crippen LogP contribution >= 0.6 is 0 Å². The van der Waals surface area contributed by atoms with Crippen molar-refractivity contribution in [2.45, 2.75) is 25.7 Å². The highest BCUT2D eigenvalue weighted by Gasteiger charge is 2.36. The van der Waals surface area contributed by atoms with Crippen LogP contribution in [0.5, 0.6) is 0 Å². The molecule has 0 bridgehead atoms. The van der Waals surface area contributed by atoms with Crippen LogP contribution in [-0.4, -0.2) is 41.5 Å². The van der Waals surface area contributed by atoms with Gasteiger partial charge in [0.15, 0.2) is 0 Å². The lowest BCUT2D eigenvalue weighted by Crippen LogP contribution is -2.41. The first-order chi connectivity index (χ1) is 6.39. The van der Waals surface area contributed by atoms with Gasteiger partial charge in [-0.2, -0.15) is 0 Å². The highest BCUT2D eigenvalue weighted by molar-refractivity contribution is 5.69. The molecule has 1 aliphatic heterocycles. The maximum absolute atomic E-state index is 12.9. The summed E-state index contributed by atoms with van der Waals surface area (Å²) in [5, 5.41) is 8.50. The van der Waals surface area contributed by atoms with Gasteiger partial charge in [0.2, 0.25) is 5.92 Å². The number of rotatable bonds is 3. The molecule has 1 fully saturated rings. The predicted octanol–water partition coefficient (Wildman–Crippen LogP) is 1.44. The molecule has 3 nitrogen and oxygen atoms in total. The lowest BCUT2D eigenvalue weighted by Gasteiger charge is -2.33. The van der Waals surface area contributed by atoms with Gasteiger partial charge in [-0.1, -0.05) is 0 Å². The van der Waals surface area contributed by atoms with Crippen molar-refractivity contribution < 1.29 is 18.7 Å². The first-order valence-electron chi connectivity index (χ1n) is 4.71. The third-order valence-electron chi connectivity index (χ3n) is 2.66. The SMILES string of the molecule is CC(F)(F)C1CCN(CC(=O)O)CC1. The van der Waals surface area contributed by atoms with Crippen LogP contribution in [-0.2, 0) is 4.79 Å². The Balaban J connectivity index is 2.35. The molecule has 1 rings (SSSR count). The second-order valence-electron chi connectivity index (χ2n) is 3.90. The zero-order chi connectivity index (χ0) is 10.8. The van der Waals surface area contributed by atoms with E-state index in [4.69, 9.17) is 5.11 Å². The fraction of sp³-hybridized carbons (Fsp3) is 0.889. The fourth-order valence-electron chi connectivity index (χ4n) is 1.79. The van der Waals surface area contributed by atoms with Gasteiger partial charge in [-0.05, 0) is 32.9 Å². The number of halogens is 2. The quantitative estimate of drug-likeness (QED) is 0.761. The molecule has 0 aromatic carbocycles. The summed E-state index contributed by atoms with van der Waals surface area (Å²) in [4.78, 5) is 12.1. The smallest absolute Gasteiger partial charge is 0.317 e. The normalized spacial score (nSPS) is 21.1. The topological polar surface area (TPSA) is 40.5 Å². The molecule has 1 heterocycles. The van der Waals surface area contributed by atoms with E-state index in [-0.39, 0.29) is 6.54 Å². The zero-order valence-corrected chi connectivity index (χ0v) is 8.17. The summed E-state index contributed by atoms with van der Waals surface area (Å²) in [7, 11) is 0. The number of hydrogen-bond acceptors (Lipinski definition) is 2. The van der Waals surface area contributed by atoms with Gasteiger partial charge in [0.1, 0.15) is 0 Å². The predicted molar refractivity (Wildman–Crippen MR) is 47.4 cm³/mol. The Morgan fingerprint density at radius 3 is 2.36 bits per heavy atom. The standard InChI is InChI=1S/C9H15F2NO2/c1-9(10,11)7-2-4-12(5-3-7)6-8(13)14/h7H,2-6H2,1H3,(H,13,14). The van der Waals surface area contributed by atoms with E-state index >= 15 is 0 Å². The molecule has 14 heavy (non-hydrogen) atoms. The Labute approximate surface area is 81.7 Å². The van der Waals surface area contributed by atoms with Crippen molar-refractivity contribution in [1.82, 2.24) is 4.90 Å². The van der Waals surface area contributed by atoms with E-state index in [9.17, 15) is 13.6 Å². The van der Waals surface area contributed by atoms with Gasteiger partial charge in [-0.25, -0.2) is 8.78 Å². The number of nitrogens with zero attached hydrogens (tertiary/aromatic N) is 1. The molecule has 0 atom stereocenters. The van der Waals surface area contributed by atoms with Gasteiger partial charge in [0.05, 0.1) is 6.54 Å². The molecule has 1 N–H and O–H groups in total. The minimum Gasteiger partial charge on any atom is -0.480 e. The van der Waals surface area contributed by atoms with Crippen LogP contribution < -0.4 is 0 Å². The summed E-state index contributed by atoms with van der Waals surface area (Å²) in [5.74, 6) is -4.12. The molecule has 0 spiro atoms. The van der Waals surface area contributed by atoms with Gasteiger partial charge < -0.3 is 5.11 Å². The number of carbonyl (C=O) groups is 1. The molecular weight excluding hydrogens is 192 g/mol. The summed E-state index contributed by atoms with van der Waals surface area (Å²) in [6, 6.07) is 0. The molecule has 5 heteroatoms. The Hall–Kier alpha value is -0.710. The van der Waals surface area contributed by atoms with E-state index in [1.54, 1.807) is 4.90 Å². The Morgan fingerprint density at radius 1 is 1.50 bits per heavy atom. The first-order valence-corrected chi connectivity index (χ1v) is 4.71. The average Bonchev–Trinajstić information content (AvgIpc) is 2.02. The van der Waals surface area contributed by atoms with Gasteiger partial charge in [-0.3, -0.25) is 9.69 Å². The van der Waals surface area contributed by atoms with Crippen molar-refractivity contribution in [3.63, 3.8) is 0 Å². The minimum absolute atomic E-state index is 0.0397. The van der Waals surface area contributed by atoms with E-state index < -0.39 is 17.8 Å². The maximum Gasteiger partial charge on any atom is 0.317 e. The molecule has 0 saturated carbocycles. The minimum atomic E-state index is -2.63. The molecule has 1 saturated heterocycles.